The first-order valence-corrected chi connectivity index (χ1v) is 7.54. The normalized spacial score (nSPS) is 11.2. The van der Waals surface area contributed by atoms with E-state index in [1.807, 2.05) is 6.07 Å². The number of nitrogens with zero attached hydrogens (tertiary/aromatic N) is 2. The highest BCUT2D eigenvalue weighted by atomic mass is 32.2. The lowest BCUT2D eigenvalue weighted by Crippen LogP contribution is -2.31. The molecule has 0 radical (unpaired) electrons. The third-order valence-corrected chi connectivity index (χ3v) is 4.79. The molecule has 20 heavy (non-hydrogen) atoms. The molecule has 7 heteroatoms. The van der Waals surface area contributed by atoms with Crippen LogP contribution in [0.1, 0.15) is 13.3 Å². The summed E-state index contributed by atoms with van der Waals surface area (Å²) in [6, 6.07) is 6.38. The number of sulfonamides is 1. The van der Waals surface area contributed by atoms with E-state index in [1.165, 1.54) is 30.7 Å². The first-order valence-electron chi connectivity index (χ1n) is 6.10. The first kappa shape index (κ1) is 16.3. The fourth-order valence-electron chi connectivity index (χ4n) is 1.75. The second-order valence-electron chi connectivity index (χ2n) is 3.92. The standard InChI is InChI=1S/C13H18N2O4S/c1-4-15(9-5-8-14)20(16,17)11-6-7-12(18-2)13(10-11)19-3/h6-7,10H,4-5,9H2,1-3H3. The summed E-state index contributed by atoms with van der Waals surface area (Å²) in [5.74, 6) is 0.816. The predicted molar refractivity (Wildman–Crippen MR) is 74.2 cm³/mol. The molecule has 1 aromatic rings. The van der Waals surface area contributed by atoms with Crippen LogP contribution in [0.15, 0.2) is 23.1 Å². The molecule has 0 saturated heterocycles. The van der Waals surface area contributed by atoms with Crippen molar-refractivity contribution in [1.82, 2.24) is 4.31 Å². The van der Waals surface area contributed by atoms with Gasteiger partial charge in [-0.25, -0.2) is 8.42 Å². The molecule has 0 bridgehead atoms. The maximum Gasteiger partial charge on any atom is 0.243 e. The van der Waals surface area contributed by atoms with Crippen LogP contribution in [0, 0.1) is 11.3 Å². The van der Waals surface area contributed by atoms with E-state index in [9.17, 15) is 8.42 Å². The van der Waals surface area contributed by atoms with Crippen LogP contribution in [0.3, 0.4) is 0 Å². The van der Waals surface area contributed by atoms with Gasteiger partial charge >= 0.3 is 0 Å². The van der Waals surface area contributed by atoms with Gasteiger partial charge in [0, 0.05) is 25.6 Å². The van der Waals surface area contributed by atoms with Crippen LogP contribution >= 0.6 is 0 Å². The van der Waals surface area contributed by atoms with E-state index in [1.54, 1.807) is 13.0 Å². The zero-order valence-electron chi connectivity index (χ0n) is 11.8. The van der Waals surface area contributed by atoms with Crippen molar-refractivity contribution in [3.63, 3.8) is 0 Å². The average Bonchev–Trinajstić information content (AvgIpc) is 2.46. The van der Waals surface area contributed by atoms with E-state index in [-0.39, 0.29) is 17.9 Å². The summed E-state index contributed by atoms with van der Waals surface area (Å²) in [6.45, 7) is 2.21. The van der Waals surface area contributed by atoms with Crippen LogP contribution in [0.2, 0.25) is 0 Å². The van der Waals surface area contributed by atoms with Crippen molar-refractivity contribution in [2.75, 3.05) is 27.3 Å². The van der Waals surface area contributed by atoms with Crippen molar-refractivity contribution < 1.29 is 17.9 Å². The van der Waals surface area contributed by atoms with Crippen molar-refractivity contribution in [2.24, 2.45) is 0 Å². The molecule has 0 atom stereocenters. The largest absolute Gasteiger partial charge is 0.493 e. The molecule has 6 nitrogen and oxygen atoms in total. The maximum atomic E-state index is 12.5. The van der Waals surface area contributed by atoms with Gasteiger partial charge in [0.2, 0.25) is 10.0 Å². The Kier molecular flexibility index (Phi) is 5.80. The number of benzene rings is 1. The highest BCUT2D eigenvalue weighted by molar-refractivity contribution is 7.89. The third-order valence-electron chi connectivity index (χ3n) is 2.82. The van der Waals surface area contributed by atoms with Gasteiger partial charge in [0.1, 0.15) is 0 Å². The molecule has 0 N–H and O–H groups in total. The molecule has 1 aromatic carbocycles. The maximum absolute atomic E-state index is 12.5. The summed E-state index contributed by atoms with van der Waals surface area (Å²) in [6.07, 6.45) is 0.153. The lowest BCUT2D eigenvalue weighted by molar-refractivity contribution is 0.353. The minimum Gasteiger partial charge on any atom is -0.493 e. The van der Waals surface area contributed by atoms with Crippen LogP contribution in [0.25, 0.3) is 0 Å². The van der Waals surface area contributed by atoms with Gasteiger partial charge in [-0.1, -0.05) is 6.92 Å². The topological polar surface area (TPSA) is 79.6 Å². The van der Waals surface area contributed by atoms with Crippen LogP contribution in [0.4, 0.5) is 0 Å². The van der Waals surface area contributed by atoms with Gasteiger partial charge in [-0.2, -0.15) is 9.57 Å². The zero-order valence-corrected chi connectivity index (χ0v) is 12.6. The Morgan fingerprint density at radius 3 is 2.40 bits per heavy atom. The van der Waals surface area contributed by atoms with E-state index in [2.05, 4.69) is 0 Å². The van der Waals surface area contributed by atoms with Gasteiger partial charge in [0.05, 0.1) is 25.2 Å². The number of methoxy groups -OCH3 is 2. The Balaban J connectivity index is 3.17. The van der Waals surface area contributed by atoms with Crippen molar-refractivity contribution >= 4 is 10.0 Å². The molecule has 110 valence electrons. The Labute approximate surface area is 119 Å². The van der Waals surface area contributed by atoms with Crippen LogP contribution in [0.5, 0.6) is 11.5 Å². The number of hydrogen-bond donors (Lipinski definition) is 0. The van der Waals surface area contributed by atoms with E-state index < -0.39 is 10.0 Å². The monoisotopic (exact) mass is 298 g/mol. The molecular formula is C13H18N2O4S. The number of nitriles is 1. The van der Waals surface area contributed by atoms with Crippen LogP contribution in [-0.2, 0) is 10.0 Å². The van der Waals surface area contributed by atoms with Gasteiger partial charge < -0.3 is 9.47 Å². The highest BCUT2D eigenvalue weighted by Crippen LogP contribution is 2.30. The second kappa shape index (κ2) is 7.12. The van der Waals surface area contributed by atoms with E-state index >= 15 is 0 Å². The molecule has 0 saturated carbocycles. The highest BCUT2D eigenvalue weighted by Gasteiger charge is 2.24. The Morgan fingerprint density at radius 2 is 1.90 bits per heavy atom. The molecule has 0 aliphatic carbocycles. The molecule has 0 unspecified atom stereocenters. The molecule has 0 aromatic heterocycles. The summed E-state index contributed by atoms with van der Waals surface area (Å²) in [5.41, 5.74) is 0. The van der Waals surface area contributed by atoms with Gasteiger partial charge in [-0.3, -0.25) is 0 Å². The van der Waals surface area contributed by atoms with Crippen LogP contribution in [-0.4, -0.2) is 40.0 Å². The molecule has 0 heterocycles. The Hall–Kier alpha value is -1.78. The summed E-state index contributed by atoms with van der Waals surface area (Å²) in [4.78, 5) is 0.120. The summed E-state index contributed by atoms with van der Waals surface area (Å²) in [7, 11) is -0.705. The van der Waals surface area contributed by atoms with Crippen molar-refractivity contribution in [3.8, 4) is 17.6 Å². The summed E-state index contributed by atoms with van der Waals surface area (Å²) < 4.78 is 36.4. The fourth-order valence-corrected chi connectivity index (χ4v) is 3.21. The molecule has 0 amide bonds. The van der Waals surface area contributed by atoms with E-state index in [4.69, 9.17) is 14.7 Å². The summed E-state index contributed by atoms with van der Waals surface area (Å²) >= 11 is 0. The quantitative estimate of drug-likeness (QED) is 0.764. The van der Waals surface area contributed by atoms with Gasteiger partial charge in [-0.05, 0) is 12.1 Å². The SMILES string of the molecule is CCN(CCC#N)S(=O)(=O)c1ccc(OC)c(OC)c1. The molecule has 1 rings (SSSR count). The minimum absolute atomic E-state index is 0.120. The Bertz CT molecular complexity index is 593. The lowest BCUT2D eigenvalue weighted by Gasteiger charge is -2.20. The number of ether oxygens (including phenoxy) is 2. The van der Waals surface area contributed by atoms with Crippen molar-refractivity contribution in [3.05, 3.63) is 18.2 Å². The van der Waals surface area contributed by atoms with Gasteiger partial charge in [0.15, 0.2) is 11.5 Å². The van der Waals surface area contributed by atoms with Gasteiger partial charge in [0.25, 0.3) is 0 Å². The molecule has 0 aliphatic rings. The predicted octanol–water partition coefficient (Wildman–Crippen LogP) is 1.63. The van der Waals surface area contributed by atoms with Crippen molar-refractivity contribution in [2.45, 2.75) is 18.2 Å². The zero-order chi connectivity index (χ0) is 15.2. The fraction of sp³-hybridized carbons (Fsp3) is 0.462. The summed E-state index contributed by atoms with van der Waals surface area (Å²) in [5, 5.41) is 8.59. The van der Waals surface area contributed by atoms with Crippen LogP contribution < -0.4 is 9.47 Å². The van der Waals surface area contributed by atoms with Gasteiger partial charge in [-0.15, -0.1) is 0 Å². The molecule has 0 fully saturated rings. The second-order valence-corrected chi connectivity index (χ2v) is 5.86. The lowest BCUT2D eigenvalue weighted by atomic mass is 10.3. The first-order chi connectivity index (χ1) is 9.51. The van der Waals surface area contributed by atoms with Crippen molar-refractivity contribution in [1.29, 1.82) is 5.26 Å². The minimum atomic E-state index is -3.63. The average molecular weight is 298 g/mol. The number of hydrogen-bond acceptors (Lipinski definition) is 5. The van der Waals surface area contributed by atoms with E-state index in [0.29, 0.717) is 18.0 Å². The molecule has 0 spiro atoms. The van der Waals surface area contributed by atoms with E-state index in [0.717, 1.165) is 0 Å². The smallest absolute Gasteiger partial charge is 0.243 e. The third kappa shape index (κ3) is 3.40. The Morgan fingerprint density at radius 1 is 1.25 bits per heavy atom. The number of rotatable bonds is 7. The molecule has 0 aliphatic heterocycles. The molecular weight excluding hydrogens is 280 g/mol.